The molecule has 0 aliphatic carbocycles. The van der Waals surface area contributed by atoms with E-state index < -0.39 is 15.6 Å². The SMILES string of the molecule is CNCCS(=O)(=O)NC(C)(C)CC(C)(C)C. The van der Waals surface area contributed by atoms with Crippen LogP contribution in [0.15, 0.2) is 0 Å². The Balaban J connectivity index is 4.46. The van der Waals surface area contributed by atoms with Gasteiger partial charge < -0.3 is 5.32 Å². The number of rotatable bonds is 6. The molecule has 0 unspecified atom stereocenters. The van der Waals surface area contributed by atoms with Gasteiger partial charge >= 0.3 is 0 Å². The molecule has 0 atom stereocenters. The molecule has 0 radical (unpaired) electrons. The second kappa shape index (κ2) is 5.47. The van der Waals surface area contributed by atoms with Crippen LogP contribution in [-0.2, 0) is 10.0 Å². The van der Waals surface area contributed by atoms with Gasteiger partial charge in [-0.2, -0.15) is 0 Å². The number of nitrogens with one attached hydrogen (secondary N) is 2. The summed E-state index contributed by atoms with van der Waals surface area (Å²) in [6.45, 7) is 10.6. The van der Waals surface area contributed by atoms with Crippen LogP contribution in [0.1, 0.15) is 41.0 Å². The van der Waals surface area contributed by atoms with E-state index in [0.717, 1.165) is 6.42 Å². The van der Waals surface area contributed by atoms with Gasteiger partial charge in [0.25, 0.3) is 0 Å². The lowest BCUT2D eigenvalue weighted by atomic mass is 9.82. The van der Waals surface area contributed by atoms with Crippen LogP contribution in [0, 0.1) is 5.41 Å². The molecule has 0 aromatic heterocycles. The van der Waals surface area contributed by atoms with E-state index in [0.29, 0.717) is 6.54 Å². The first kappa shape index (κ1) is 15.9. The van der Waals surface area contributed by atoms with Gasteiger partial charge in [0.15, 0.2) is 0 Å². The smallest absolute Gasteiger partial charge is 0.213 e. The minimum atomic E-state index is -3.19. The Morgan fingerprint density at radius 3 is 1.94 bits per heavy atom. The molecular formula is C11H26N2O2S. The summed E-state index contributed by atoms with van der Waals surface area (Å²) in [4.78, 5) is 0. The summed E-state index contributed by atoms with van der Waals surface area (Å²) in [6.07, 6.45) is 0.804. The second-order valence-corrected chi connectivity index (χ2v) is 7.99. The molecule has 5 heteroatoms. The topological polar surface area (TPSA) is 58.2 Å². The quantitative estimate of drug-likeness (QED) is 0.748. The van der Waals surface area contributed by atoms with Crippen LogP contribution in [0.25, 0.3) is 0 Å². The third-order valence-corrected chi connectivity index (χ3v) is 3.63. The molecule has 0 bridgehead atoms. The molecule has 0 saturated heterocycles. The third kappa shape index (κ3) is 8.07. The summed E-state index contributed by atoms with van der Waals surface area (Å²) < 4.78 is 26.2. The average molecular weight is 250 g/mol. The summed E-state index contributed by atoms with van der Waals surface area (Å²) >= 11 is 0. The molecule has 0 fully saturated rings. The van der Waals surface area contributed by atoms with E-state index >= 15 is 0 Å². The van der Waals surface area contributed by atoms with Crippen LogP contribution in [0.4, 0.5) is 0 Å². The van der Waals surface area contributed by atoms with E-state index in [1.807, 2.05) is 13.8 Å². The highest BCUT2D eigenvalue weighted by atomic mass is 32.2. The number of hydrogen-bond donors (Lipinski definition) is 2. The Morgan fingerprint density at radius 2 is 1.56 bits per heavy atom. The van der Waals surface area contributed by atoms with Gasteiger partial charge in [-0.3, -0.25) is 0 Å². The summed E-state index contributed by atoms with van der Waals surface area (Å²) in [5.41, 5.74) is -0.292. The van der Waals surface area contributed by atoms with Crippen molar-refractivity contribution in [2.75, 3.05) is 19.3 Å². The van der Waals surface area contributed by atoms with Crippen LogP contribution in [0.2, 0.25) is 0 Å². The largest absolute Gasteiger partial charge is 0.319 e. The highest BCUT2D eigenvalue weighted by molar-refractivity contribution is 7.89. The van der Waals surface area contributed by atoms with Crippen molar-refractivity contribution in [2.24, 2.45) is 5.41 Å². The Hall–Kier alpha value is -0.130. The van der Waals surface area contributed by atoms with Gasteiger partial charge in [0, 0.05) is 12.1 Å². The van der Waals surface area contributed by atoms with Gasteiger partial charge in [-0.1, -0.05) is 20.8 Å². The van der Waals surface area contributed by atoms with Crippen LogP contribution < -0.4 is 10.0 Å². The van der Waals surface area contributed by atoms with E-state index in [1.165, 1.54) is 0 Å². The minimum absolute atomic E-state index is 0.106. The van der Waals surface area contributed by atoms with Gasteiger partial charge in [0.2, 0.25) is 10.0 Å². The highest BCUT2D eigenvalue weighted by Crippen LogP contribution is 2.27. The summed E-state index contributed by atoms with van der Waals surface area (Å²) in [6, 6.07) is 0. The molecule has 0 saturated carbocycles. The molecule has 0 aromatic rings. The monoisotopic (exact) mass is 250 g/mol. The summed E-state index contributed by atoms with van der Waals surface area (Å²) in [5, 5.41) is 2.84. The van der Waals surface area contributed by atoms with Crippen LogP contribution in [-0.4, -0.2) is 33.3 Å². The molecule has 0 aromatic carbocycles. The average Bonchev–Trinajstić information content (AvgIpc) is 1.93. The lowest BCUT2D eigenvalue weighted by Gasteiger charge is -2.32. The first-order valence-corrected chi connectivity index (χ1v) is 7.29. The van der Waals surface area contributed by atoms with Gasteiger partial charge in [-0.05, 0) is 32.7 Å². The summed E-state index contributed by atoms with van der Waals surface area (Å²) in [5.74, 6) is 0.122. The minimum Gasteiger partial charge on any atom is -0.319 e. The molecule has 2 N–H and O–H groups in total. The lowest BCUT2D eigenvalue weighted by Crippen LogP contribution is -2.47. The van der Waals surface area contributed by atoms with Crippen molar-refractivity contribution in [3.05, 3.63) is 0 Å². The Morgan fingerprint density at radius 1 is 1.06 bits per heavy atom. The zero-order valence-corrected chi connectivity index (χ0v) is 12.2. The standard InChI is InChI=1S/C11H26N2O2S/c1-10(2,3)9-11(4,5)13-16(14,15)8-7-12-6/h12-13H,7-9H2,1-6H3. The van der Waals surface area contributed by atoms with Crippen molar-refractivity contribution in [3.63, 3.8) is 0 Å². The molecule has 98 valence electrons. The molecular weight excluding hydrogens is 224 g/mol. The van der Waals surface area contributed by atoms with E-state index in [-0.39, 0.29) is 11.2 Å². The Labute approximate surface area is 100 Å². The fourth-order valence-corrected chi connectivity index (χ4v) is 3.56. The van der Waals surface area contributed by atoms with Crippen molar-refractivity contribution >= 4 is 10.0 Å². The summed E-state index contributed by atoms with van der Waals surface area (Å²) in [7, 11) is -1.44. The molecule has 16 heavy (non-hydrogen) atoms. The predicted octanol–water partition coefficient (Wildman–Crippen LogP) is 1.34. The zero-order valence-electron chi connectivity index (χ0n) is 11.3. The molecule has 0 amide bonds. The van der Waals surface area contributed by atoms with Crippen molar-refractivity contribution in [1.82, 2.24) is 10.0 Å². The Kier molecular flexibility index (Phi) is 5.42. The van der Waals surface area contributed by atoms with Crippen LogP contribution in [0.5, 0.6) is 0 Å². The zero-order chi connectivity index (χ0) is 13.0. The molecule has 4 nitrogen and oxygen atoms in total. The molecule has 0 spiro atoms. The molecule has 0 aliphatic heterocycles. The van der Waals surface area contributed by atoms with Gasteiger partial charge in [0.05, 0.1) is 5.75 Å². The predicted molar refractivity (Wildman–Crippen MR) is 69.0 cm³/mol. The molecule has 0 rings (SSSR count). The first-order chi connectivity index (χ1) is 6.97. The van der Waals surface area contributed by atoms with Gasteiger partial charge in [-0.15, -0.1) is 0 Å². The van der Waals surface area contributed by atoms with E-state index in [4.69, 9.17) is 0 Å². The number of hydrogen-bond acceptors (Lipinski definition) is 3. The number of sulfonamides is 1. The normalized spacial score (nSPS) is 14.1. The van der Waals surface area contributed by atoms with E-state index in [2.05, 4.69) is 30.8 Å². The van der Waals surface area contributed by atoms with Crippen LogP contribution in [0.3, 0.4) is 0 Å². The van der Waals surface area contributed by atoms with Gasteiger partial charge in [0.1, 0.15) is 0 Å². The maximum absolute atomic E-state index is 11.7. The van der Waals surface area contributed by atoms with Gasteiger partial charge in [-0.25, -0.2) is 13.1 Å². The van der Waals surface area contributed by atoms with Crippen molar-refractivity contribution in [3.8, 4) is 0 Å². The van der Waals surface area contributed by atoms with Crippen molar-refractivity contribution in [2.45, 2.75) is 46.6 Å². The van der Waals surface area contributed by atoms with E-state index in [9.17, 15) is 8.42 Å². The lowest BCUT2D eigenvalue weighted by molar-refractivity contribution is 0.269. The van der Waals surface area contributed by atoms with E-state index in [1.54, 1.807) is 7.05 Å². The van der Waals surface area contributed by atoms with Crippen molar-refractivity contribution < 1.29 is 8.42 Å². The molecule has 0 aliphatic rings. The van der Waals surface area contributed by atoms with Crippen LogP contribution >= 0.6 is 0 Å². The Bertz CT molecular complexity index is 302. The molecule has 0 heterocycles. The third-order valence-electron chi connectivity index (χ3n) is 2.02. The first-order valence-electron chi connectivity index (χ1n) is 5.64. The fourth-order valence-electron chi connectivity index (χ4n) is 2.07. The second-order valence-electron chi connectivity index (χ2n) is 6.15. The maximum atomic E-state index is 11.7. The van der Waals surface area contributed by atoms with Crippen molar-refractivity contribution in [1.29, 1.82) is 0 Å². The maximum Gasteiger partial charge on any atom is 0.213 e. The fraction of sp³-hybridized carbons (Fsp3) is 1.00. The highest BCUT2D eigenvalue weighted by Gasteiger charge is 2.29.